The molecular formula is C28H33Cl2F3N4O2. The van der Waals surface area contributed by atoms with Crippen LogP contribution < -0.4 is 10.6 Å². The number of hydrogen-bond acceptors (Lipinski definition) is 3. The first kappa shape index (κ1) is 30.8. The monoisotopic (exact) mass is 584 g/mol. The molecule has 212 valence electrons. The Morgan fingerprint density at radius 3 is 2.36 bits per heavy atom. The van der Waals surface area contributed by atoms with Crippen LogP contribution in [0, 0.1) is 0 Å². The number of alkyl halides is 3. The summed E-state index contributed by atoms with van der Waals surface area (Å²) in [6.45, 7) is 4.35. The van der Waals surface area contributed by atoms with Crippen LogP contribution in [0.2, 0.25) is 10.0 Å². The summed E-state index contributed by atoms with van der Waals surface area (Å²) in [6.07, 6.45) is 3.58. The number of benzene rings is 2. The average Bonchev–Trinajstić information content (AvgIpc) is 3.14. The van der Waals surface area contributed by atoms with Crippen molar-refractivity contribution < 1.29 is 22.8 Å². The van der Waals surface area contributed by atoms with Crippen molar-refractivity contribution in [3.05, 3.63) is 69.7 Å². The minimum atomic E-state index is -4.40. The van der Waals surface area contributed by atoms with Gasteiger partial charge in [0.25, 0.3) is 0 Å². The van der Waals surface area contributed by atoms with Crippen LogP contribution in [0.4, 0.5) is 23.7 Å². The normalized spacial score (nSPS) is 14.8. The van der Waals surface area contributed by atoms with E-state index in [1.807, 2.05) is 0 Å². The molecule has 3 amide bonds. The Bertz CT molecular complexity index is 1130. The molecule has 1 aliphatic heterocycles. The number of halogens is 5. The number of amides is 3. The van der Waals surface area contributed by atoms with Crippen molar-refractivity contribution in [1.82, 2.24) is 15.1 Å². The third-order valence-electron chi connectivity index (χ3n) is 6.41. The molecule has 1 aliphatic rings. The lowest BCUT2D eigenvalue weighted by atomic mass is 10.2. The van der Waals surface area contributed by atoms with Crippen LogP contribution in [0.15, 0.2) is 48.5 Å². The van der Waals surface area contributed by atoms with E-state index in [2.05, 4.69) is 15.5 Å². The van der Waals surface area contributed by atoms with Gasteiger partial charge in [-0.3, -0.25) is 4.79 Å². The average molecular weight is 585 g/mol. The van der Waals surface area contributed by atoms with Crippen molar-refractivity contribution in [2.75, 3.05) is 44.6 Å². The molecule has 2 aromatic carbocycles. The van der Waals surface area contributed by atoms with E-state index in [0.29, 0.717) is 35.4 Å². The minimum absolute atomic E-state index is 0.155. The maximum absolute atomic E-state index is 12.7. The smallest absolute Gasteiger partial charge is 0.353 e. The Labute approximate surface area is 237 Å². The van der Waals surface area contributed by atoms with Gasteiger partial charge >= 0.3 is 12.2 Å². The molecule has 1 saturated heterocycles. The van der Waals surface area contributed by atoms with Crippen molar-refractivity contribution in [2.45, 2.75) is 38.3 Å². The second kappa shape index (κ2) is 15.1. The summed E-state index contributed by atoms with van der Waals surface area (Å²) in [4.78, 5) is 28.6. The molecule has 2 aromatic rings. The number of rotatable bonds is 10. The highest BCUT2D eigenvalue weighted by atomic mass is 35.5. The molecule has 2 N–H and O–H groups in total. The second-order valence-corrected chi connectivity index (χ2v) is 10.2. The van der Waals surface area contributed by atoms with Crippen molar-refractivity contribution >= 4 is 46.9 Å². The summed E-state index contributed by atoms with van der Waals surface area (Å²) in [5.74, 6) is -0.155. The van der Waals surface area contributed by atoms with Crippen LogP contribution in [0.5, 0.6) is 0 Å². The van der Waals surface area contributed by atoms with Gasteiger partial charge in [0, 0.05) is 37.9 Å². The van der Waals surface area contributed by atoms with Crippen molar-refractivity contribution in [2.24, 2.45) is 0 Å². The zero-order chi connectivity index (χ0) is 28.3. The maximum Gasteiger partial charge on any atom is 0.416 e. The van der Waals surface area contributed by atoms with Gasteiger partial charge in [-0.25, -0.2) is 4.79 Å². The SMILES string of the molecule is O=C(/C=C/c1ccc(Cl)c(Cl)c1)NCCCCCCN1CCCN(C(=O)Nc2ccc(C(F)(F)F)cc2)CC1. The fourth-order valence-electron chi connectivity index (χ4n) is 4.22. The van der Waals surface area contributed by atoms with Gasteiger partial charge in [0.15, 0.2) is 0 Å². The molecule has 0 aromatic heterocycles. The summed E-state index contributed by atoms with van der Waals surface area (Å²) in [6, 6.07) is 9.34. The molecule has 0 bridgehead atoms. The zero-order valence-electron chi connectivity index (χ0n) is 21.6. The first-order valence-corrected chi connectivity index (χ1v) is 13.7. The van der Waals surface area contributed by atoms with E-state index < -0.39 is 11.7 Å². The third kappa shape index (κ3) is 10.7. The Morgan fingerprint density at radius 2 is 1.64 bits per heavy atom. The molecule has 0 aliphatic carbocycles. The molecule has 1 heterocycles. The van der Waals surface area contributed by atoms with E-state index >= 15 is 0 Å². The first-order valence-electron chi connectivity index (χ1n) is 13.0. The van der Waals surface area contributed by atoms with Gasteiger partial charge in [-0.1, -0.05) is 42.1 Å². The van der Waals surface area contributed by atoms with Gasteiger partial charge in [0.1, 0.15) is 0 Å². The van der Waals surface area contributed by atoms with E-state index in [4.69, 9.17) is 23.2 Å². The van der Waals surface area contributed by atoms with Gasteiger partial charge in [0.05, 0.1) is 15.6 Å². The number of carbonyl (C=O) groups is 2. The number of carbonyl (C=O) groups excluding carboxylic acids is 2. The number of nitrogens with one attached hydrogen (secondary N) is 2. The van der Waals surface area contributed by atoms with E-state index in [9.17, 15) is 22.8 Å². The summed E-state index contributed by atoms with van der Waals surface area (Å²) in [7, 11) is 0. The molecule has 6 nitrogen and oxygen atoms in total. The van der Waals surface area contributed by atoms with Crippen molar-refractivity contribution in [3.63, 3.8) is 0 Å². The lowest BCUT2D eigenvalue weighted by Gasteiger charge is -2.22. The molecule has 0 unspecified atom stereocenters. The molecular weight excluding hydrogens is 552 g/mol. The van der Waals surface area contributed by atoms with Gasteiger partial charge in [-0.05, 0) is 80.4 Å². The predicted molar refractivity (Wildman–Crippen MR) is 150 cm³/mol. The minimum Gasteiger partial charge on any atom is -0.353 e. The van der Waals surface area contributed by atoms with Gasteiger partial charge in [0.2, 0.25) is 5.91 Å². The molecule has 39 heavy (non-hydrogen) atoms. The number of nitrogens with zero attached hydrogens (tertiary/aromatic N) is 2. The molecule has 0 atom stereocenters. The maximum atomic E-state index is 12.7. The van der Waals surface area contributed by atoms with Crippen LogP contribution in [0.25, 0.3) is 6.08 Å². The molecule has 1 fully saturated rings. The van der Waals surface area contributed by atoms with E-state index in [1.54, 1.807) is 29.2 Å². The van der Waals surface area contributed by atoms with E-state index in [1.165, 1.54) is 18.2 Å². The highest BCUT2D eigenvalue weighted by Gasteiger charge is 2.30. The Hall–Kier alpha value is -2.75. The standard InChI is InChI=1S/C28H33Cl2F3N4O2/c29-24-12-6-21(20-25(24)30)7-13-26(38)34-14-3-1-2-4-15-36-16-5-17-37(19-18-36)27(39)35-23-10-8-22(9-11-23)28(31,32)33/h6-13,20H,1-5,14-19H2,(H,34,38)(H,35,39)/b13-7+. The Morgan fingerprint density at radius 1 is 0.897 bits per heavy atom. The lowest BCUT2D eigenvalue weighted by molar-refractivity contribution is -0.137. The zero-order valence-corrected chi connectivity index (χ0v) is 23.1. The van der Waals surface area contributed by atoms with Crippen LogP contribution >= 0.6 is 23.2 Å². The van der Waals surface area contributed by atoms with Gasteiger partial charge in [-0.2, -0.15) is 13.2 Å². The van der Waals surface area contributed by atoms with Crippen LogP contribution in [-0.4, -0.2) is 61.0 Å². The topological polar surface area (TPSA) is 64.7 Å². The molecule has 0 spiro atoms. The molecule has 0 radical (unpaired) electrons. The van der Waals surface area contributed by atoms with E-state index in [-0.39, 0.29) is 11.9 Å². The third-order valence-corrected chi connectivity index (χ3v) is 7.15. The Kier molecular flexibility index (Phi) is 12.0. The Balaban J connectivity index is 1.26. The molecule has 0 saturated carbocycles. The number of urea groups is 1. The van der Waals surface area contributed by atoms with Crippen molar-refractivity contribution in [3.8, 4) is 0 Å². The van der Waals surface area contributed by atoms with Crippen LogP contribution in [0.1, 0.15) is 43.2 Å². The fraction of sp³-hybridized carbons (Fsp3) is 0.429. The number of anilines is 1. The van der Waals surface area contributed by atoms with Gasteiger partial charge in [-0.15, -0.1) is 0 Å². The van der Waals surface area contributed by atoms with Gasteiger partial charge < -0.3 is 20.4 Å². The number of hydrogen-bond donors (Lipinski definition) is 2. The van der Waals surface area contributed by atoms with Crippen LogP contribution in [-0.2, 0) is 11.0 Å². The predicted octanol–water partition coefficient (Wildman–Crippen LogP) is 6.94. The van der Waals surface area contributed by atoms with Crippen molar-refractivity contribution in [1.29, 1.82) is 0 Å². The second-order valence-electron chi connectivity index (χ2n) is 9.40. The fourth-order valence-corrected chi connectivity index (χ4v) is 4.52. The largest absolute Gasteiger partial charge is 0.416 e. The summed E-state index contributed by atoms with van der Waals surface area (Å²) >= 11 is 11.9. The highest BCUT2D eigenvalue weighted by Crippen LogP contribution is 2.30. The quantitative estimate of drug-likeness (QED) is 0.235. The molecule has 3 rings (SSSR count). The highest BCUT2D eigenvalue weighted by molar-refractivity contribution is 6.42. The van der Waals surface area contributed by atoms with Crippen LogP contribution in [0.3, 0.4) is 0 Å². The summed E-state index contributed by atoms with van der Waals surface area (Å²) in [5.41, 5.74) is 0.396. The number of unbranched alkanes of at least 4 members (excludes halogenated alkanes) is 3. The summed E-state index contributed by atoms with van der Waals surface area (Å²) in [5, 5.41) is 6.48. The lowest BCUT2D eigenvalue weighted by Crippen LogP contribution is -2.38. The first-order chi connectivity index (χ1) is 18.6. The summed E-state index contributed by atoms with van der Waals surface area (Å²) < 4.78 is 38.2. The van der Waals surface area contributed by atoms with E-state index in [0.717, 1.165) is 69.4 Å². The molecule has 11 heteroatoms.